The maximum atomic E-state index is 11.6. The molecule has 0 radical (unpaired) electrons. The Kier molecular flexibility index (Phi) is 4.55. The van der Waals surface area contributed by atoms with Crippen LogP contribution >= 0.6 is 0 Å². The molecule has 0 atom stereocenters. The van der Waals surface area contributed by atoms with E-state index in [-0.39, 0.29) is 12.5 Å². The first-order valence-electron chi connectivity index (χ1n) is 6.41. The average Bonchev–Trinajstić information content (AvgIpc) is 2.91. The second-order valence-electron chi connectivity index (χ2n) is 4.59. The molecule has 3 N–H and O–H groups in total. The van der Waals surface area contributed by atoms with Crippen molar-refractivity contribution in [2.75, 3.05) is 11.9 Å². The van der Waals surface area contributed by atoms with Crippen LogP contribution in [0.4, 0.5) is 5.69 Å². The molecule has 0 saturated carbocycles. The zero-order chi connectivity index (χ0) is 14.4. The van der Waals surface area contributed by atoms with Gasteiger partial charge in [-0.2, -0.15) is 5.10 Å². The highest BCUT2D eigenvalue weighted by molar-refractivity contribution is 5.83. The lowest BCUT2D eigenvalue weighted by Crippen LogP contribution is -2.26. The molecule has 5 heteroatoms. The van der Waals surface area contributed by atoms with Gasteiger partial charge in [0.25, 0.3) is 5.91 Å². The fraction of sp³-hybridized carbons (Fsp3) is 0.200. The smallest absolute Gasteiger partial charge is 0.259 e. The summed E-state index contributed by atoms with van der Waals surface area (Å²) in [6.45, 7) is 4.24. The summed E-state index contributed by atoms with van der Waals surface area (Å²) in [4.78, 5) is 14.6. The summed E-state index contributed by atoms with van der Waals surface area (Å²) in [5, 5.41) is 6.96. The van der Waals surface area contributed by atoms with E-state index >= 15 is 0 Å². The first-order chi connectivity index (χ1) is 9.65. The van der Waals surface area contributed by atoms with Crippen LogP contribution in [0.5, 0.6) is 0 Å². The van der Waals surface area contributed by atoms with Crippen molar-refractivity contribution in [3.05, 3.63) is 53.3 Å². The SMILES string of the molecule is Cc1ccc(NCC(=O)N/N=C\c2ccc[nH]2)c(C)c1. The van der Waals surface area contributed by atoms with Gasteiger partial charge in [0.2, 0.25) is 0 Å². The molecule has 104 valence electrons. The summed E-state index contributed by atoms with van der Waals surface area (Å²) in [6.07, 6.45) is 3.36. The summed E-state index contributed by atoms with van der Waals surface area (Å²) >= 11 is 0. The Hall–Kier alpha value is -2.56. The van der Waals surface area contributed by atoms with Crippen LogP contribution in [0, 0.1) is 13.8 Å². The molecule has 0 aliphatic carbocycles. The Balaban J connectivity index is 1.80. The average molecular weight is 270 g/mol. The highest BCUT2D eigenvalue weighted by Gasteiger charge is 2.02. The van der Waals surface area contributed by atoms with Crippen molar-refractivity contribution in [1.29, 1.82) is 0 Å². The molecule has 0 spiro atoms. The molecule has 5 nitrogen and oxygen atoms in total. The summed E-state index contributed by atoms with van der Waals surface area (Å²) in [7, 11) is 0. The van der Waals surface area contributed by atoms with Crippen molar-refractivity contribution in [3.63, 3.8) is 0 Å². The number of benzene rings is 1. The molecular formula is C15H18N4O. The van der Waals surface area contributed by atoms with E-state index in [2.05, 4.69) is 26.9 Å². The number of hydrogen-bond acceptors (Lipinski definition) is 3. The van der Waals surface area contributed by atoms with E-state index in [1.807, 2.05) is 38.1 Å². The molecule has 0 aliphatic rings. The summed E-state index contributed by atoms with van der Waals surface area (Å²) in [5.41, 5.74) is 6.59. The predicted molar refractivity (Wildman–Crippen MR) is 80.9 cm³/mol. The monoisotopic (exact) mass is 270 g/mol. The van der Waals surface area contributed by atoms with Gasteiger partial charge in [0, 0.05) is 11.9 Å². The lowest BCUT2D eigenvalue weighted by molar-refractivity contribution is -0.119. The van der Waals surface area contributed by atoms with Crippen LogP contribution in [0.15, 0.2) is 41.6 Å². The van der Waals surface area contributed by atoms with E-state index in [4.69, 9.17) is 0 Å². The zero-order valence-electron chi connectivity index (χ0n) is 11.6. The number of anilines is 1. The molecule has 0 saturated heterocycles. The highest BCUT2D eigenvalue weighted by Crippen LogP contribution is 2.15. The number of carbonyl (C=O) groups is 1. The first kappa shape index (κ1) is 13.9. The molecule has 0 bridgehead atoms. The van der Waals surface area contributed by atoms with Crippen molar-refractivity contribution in [1.82, 2.24) is 10.4 Å². The van der Waals surface area contributed by atoms with Gasteiger partial charge in [-0.15, -0.1) is 0 Å². The van der Waals surface area contributed by atoms with E-state index in [1.165, 1.54) is 5.56 Å². The number of aromatic nitrogens is 1. The number of nitrogens with one attached hydrogen (secondary N) is 3. The number of hydrogen-bond donors (Lipinski definition) is 3. The molecule has 20 heavy (non-hydrogen) atoms. The normalized spacial score (nSPS) is 10.7. The third-order valence-corrected chi connectivity index (χ3v) is 2.84. The van der Waals surface area contributed by atoms with Crippen LogP contribution in [0.3, 0.4) is 0 Å². The van der Waals surface area contributed by atoms with E-state index < -0.39 is 0 Å². The fourth-order valence-electron chi connectivity index (χ4n) is 1.83. The number of nitrogens with zero attached hydrogens (tertiary/aromatic N) is 1. The first-order valence-corrected chi connectivity index (χ1v) is 6.41. The van der Waals surface area contributed by atoms with E-state index in [9.17, 15) is 4.79 Å². The predicted octanol–water partition coefficient (Wildman–Crippen LogP) is 2.19. The Labute approximate surface area is 118 Å². The minimum Gasteiger partial charge on any atom is -0.376 e. The van der Waals surface area contributed by atoms with Gasteiger partial charge in [-0.1, -0.05) is 17.7 Å². The van der Waals surface area contributed by atoms with Gasteiger partial charge in [-0.25, -0.2) is 5.43 Å². The fourth-order valence-corrected chi connectivity index (χ4v) is 1.83. The van der Waals surface area contributed by atoms with Crippen molar-refractivity contribution in [2.24, 2.45) is 5.10 Å². The number of hydrazone groups is 1. The topological polar surface area (TPSA) is 69.3 Å². The number of rotatable bonds is 5. The Bertz CT molecular complexity index is 602. The lowest BCUT2D eigenvalue weighted by atomic mass is 10.1. The van der Waals surface area contributed by atoms with Crippen molar-refractivity contribution in [2.45, 2.75) is 13.8 Å². The summed E-state index contributed by atoms with van der Waals surface area (Å²) < 4.78 is 0. The third-order valence-electron chi connectivity index (χ3n) is 2.84. The molecule has 2 aromatic rings. The van der Waals surface area contributed by atoms with Gasteiger partial charge >= 0.3 is 0 Å². The van der Waals surface area contributed by atoms with Gasteiger partial charge < -0.3 is 10.3 Å². The van der Waals surface area contributed by atoms with Crippen LogP contribution in [0.25, 0.3) is 0 Å². The molecule has 1 aromatic heterocycles. The number of H-pyrrole nitrogens is 1. The molecule has 1 aromatic carbocycles. The molecule has 0 aliphatic heterocycles. The summed E-state index contributed by atoms with van der Waals surface area (Å²) in [6, 6.07) is 9.79. The number of carbonyl (C=O) groups excluding carboxylic acids is 1. The van der Waals surface area contributed by atoms with Crippen LogP contribution in [0.1, 0.15) is 16.8 Å². The van der Waals surface area contributed by atoms with Gasteiger partial charge in [-0.3, -0.25) is 4.79 Å². The molecule has 0 fully saturated rings. The second-order valence-corrected chi connectivity index (χ2v) is 4.59. The zero-order valence-corrected chi connectivity index (χ0v) is 11.6. The standard InChI is InChI=1S/C15H18N4O/c1-11-5-6-14(12(2)8-11)17-10-15(20)19-18-9-13-4-3-7-16-13/h3-9,16-17H,10H2,1-2H3,(H,19,20)/b18-9-. The van der Waals surface area contributed by atoms with Crippen LogP contribution in [-0.2, 0) is 4.79 Å². The minimum atomic E-state index is -0.187. The van der Waals surface area contributed by atoms with Crippen LogP contribution < -0.4 is 10.7 Å². The largest absolute Gasteiger partial charge is 0.376 e. The quantitative estimate of drug-likeness (QED) is 0.576. The Morgan fingerprint density at radius 2 is 2.20 bits per heavy atom. The maximum Gasteiger partial charge on any atom is 0.259 e. The van der Waals surface area contributed by atoms with Gasteiger partial charge in [0.15, 0.2) is 0 Å². The third kappa shape index (κ3) is 3.98. The molecule has 0 unspecified atom stereocenters. The number of amides is 1. The van der Waals surface area contributed by atoms with Gasteiger partial charge in [0.1, 0.15) is 0 Å². The van der Waals surface area contributed by atoms with E-state index in [0.717, 1.165) is 16.9 Å². The Morgan fingerprint density at radius 3 is 2.90 bits per heavy atom. The number of aromatic amines is 1. The molecule has 1 heterocycles. The summed E-state index contributed by atoms with van der Waals surface area (Å²) in [5.74, 6) is -0.187. The molecular weight excluding hydrogens is 252 g/mol. The van der Waals surface area contributed by atoms with Crippen molar-refractivity contribution in [3.8, 4) is 0 Å². The van der Waals surface area contributed by atoms with Gasteiger partial charge in [0.05, 0.1) is 18.5 Å². The van der Waals surface area contributed by atoms with Crippen molar-refractivity contribution < 1.29 is 4.79 Å². The van der Waals surface area contributed by atoms with E-state index in [0.29, 0.717) is 0 Å². The number of aryl methyl sites for hydroxylation is 2. The Morgan fingerprint density at radius 1 is 1.35 bits per heavy atom. The lowest BCUT2D eigenvalue weighted by Gasteiger charge is -2.09. The van der Waals surface area contributed by atoms with Gasteiger partial charge in [-0.05, 0) is 37.6 Å². The molecule has 1 amide bonds. The second kappa shape index (κ2) is 6.56. The van der Waals surface area contributed by atoms with Crippen molar-refractivity contribution >= 4 is 17.8 Å². The molecule has 2 rings (SSSR count). The highest BCUT2D eigenvalue weighted by atomic mass is 16.2. The minimum absolute atomic E-state index is 0.186. The van der Waals surface area contributed by atoms with E-state index in [1.54, 1.807) is 12.4 Å². The van der Waals surface area contributed by atoms with Crippen LogP contribution in [0.2, 0.25) is 0 Å². The van der Waals surface area contributed by atoms with Crippen LogP contribution in [-0.4, -0.2) is 23.7 Å². The maximum absolute atomic E-state index is 11.6.